The second kappa shape index (κ2) is 7.47. The minimum absolute atomic E-state index is 0.0408. The number of anilines is 1. The maximum atomic E-state index is 13.4. The molecule has 0 radical (unpaired) electrons. The van der Waals surface area contributed by atoms with Gasteiger partial charge in [-0.3, -0.25) is 9.59 Å². The van der Waals surface area contributed by atoms with Crippen molar-refractivity contribution >= 4 is 17.5 Å². The lowest BCUT2D eigenvalue weighted by atomic mass is 10.1. The number of hydrogen-bond acceptors (Lipinski definition) is 2. The molecule has 1 fully saturated rings. The lowest BCUT2D eigenvalue weighted by Crippen LogP contribution is -2.33. The number of amides is 2. The monoisotopic (exact) mass is 340 g/mol. The highest BCUT2D eigenvalue weighted by molar-refractivity contribution is 5.88. The van der Waals surface area contributed by atoms with Gasteiger partial charge in [-0.2, -0.15) is 0 Å². The third-order valence-corrected chi connectivity index (χ3v) is 4.18. The second-order valence-corrected chi connectivity index (χ2v) is 6.44. The number of nitrogens with zero attached hydrogens (tertiary/aromatic N) is 1. The molecule has 2 aromatic carbocycles. The Morgan fingerprint density at radius 3 is 2.44 bits per heavy atom. The Morgan fingerprint density at radius 2 is 1.84 bits per heavy atom. The van der Waals surface area contributed by atoms with Crippen molar-refractivity contribution in [3.8, 4) is 0 Å². The smallest absolute Gasteiger partial charge is 0.227 e. The first kappa shape index (κ1) is 17.1. The van der Waals surface area contributed by atoms with Crippen LogP contribution in [0.15, 0.2) is 48.5 Å². The van der Waals surface area contributed by atoms with Crippen molar-refractivity contribution in [3.05, 3.63) is 65.5 Å². The Morgan fingerprint density at radius 1 is 1.12 bits per heavy atom. The first-order chi connectivity index (χ1) is 12.0. The van der Waals surface area contributed by atoms with E-state index in [9.17, 15) is 14.0 Å². The largest absolute Gasteiger partial charge is 0.335 e. The van der Waals surface area contributed by atoms with E-state index in [1.807, 2.05) is 23.1 Å². The van der Waals surface area contributed by atoms with Crippen LogP contribution in [0.4, 0.5) is 10.1 Å². The van der Waals surface area contributed by atoms with Crippen LogP contribution in [0.25, 0.3) is 0 Å². The van der Waals surface area contributed by atoms with Crippen molar-refractivity contribution < 1.29 is 14.0 Å². The topological polar surface area (TPSA) is 49.4 Å². The molecule has 1 aliphatic rings. The summed E-state index contributed by atoms with van der Waals surface area (Å²) in [6.07, 6.45) is 2.30. The van der Waals surface area contributed by atoms with Gasteiger partial charge in [-0.1, -0.05) is 24.3 Å². The quantitative estimate of drug-likeness (QED) is 0.875. The van der Waals surface area contributed by atoms with E-state index in [2.05, 4.69) is 5.32 Å². The summed E-state index contributed by atoms with van der Waals surface area (Å²) >= 11 is 0. The van der Waals surface area contributed by atoms with Crippen LogP contribution in [0.1, 0.15) is 30.9 Å². The van der Waals surface area contributed by atoms with Crippen LogP contribution in [0.5, 0.6) is 0 Å². The van der Waals surface area contributed by atoms with E-state index in [4.69, 9.17) is 0 Å². The van der Waals surface area contributed by atoms with Crippen molar-refractivity contribution in [1.29, 1.82) is 0 Å². The Kier molecular flexibility index (Phi) is 5.12. The molecule has 0 heterocycles. The van der Waals surface area contributed by atoms with Crippen LogP contribution < -0.4 is 5.32 Å². The predicted octanol–water partition coefficient (Wildman–Crippen LogP) is 3.52. The normalized spacial score (nSPS) is 13.4. The highest BCUT2D eigenvalue weighted by Gasteiger charge is 2.32. The molecule has 25 heavy (non-hydrogen) atoms. The predicted molar refractivity (Wildman–Crippen MR) is 94.4 cm³/mol. The Labute approximate surface area is 146 Å². The van der Waals surface area contributed by atoms with E-state index in [0.29, 0.717) is 18.7 Å². The van der Waals surface area contributed by atoms with Gasteiger partial charge in [-0.25, -0.2) is 4.39 Å². The van der Waals surface area contributed by atoms with Crippen LogP contribution in [-0.2, 0) is 22.6 Å². The van der Waals surface area contributed by atoms with Gasteiger partial charge >= 0.3 is 0 Å². The Hall–Kier alpha value is -2.69. The molecule has 5 heteroatoms. The Bertz CT molecular complexity index is 770. The molecule has 3 rings (SSSR count). The fourth-order valence-electron chi connectivity index (χ4n) is 2.82. The molecule has 130 valence electrons. The maximum absolute atomic E-state index is 13.4. The molecule has 2 aromatic rings. The molecule has 1 saturated carbocycles. The molecule has 0 aliphatic heterocycles. The average molecular weight is 340 g/mol. The number of nitrogens with one attached hydrogen (secondary N) is 1. The van der Waals surface area contributed by atoms with Gasteiger partial charge in [-0.05, 0) is 48.2 Å². The number of carbonyl (C=O) groups is 2. The average Bonchev–Trinajstić information content (AvgIpc) is 3.39. The summed E-state index contributed by atoms with van der Waals surface area (Å²) in [5.41, 5.74) is 2.41. The van der Waals surface area contributed by atoms with E-state index >= 15 is 0 Å². The number of benzene rings is 2. The summed E-state index contributed by atoms with van der Waals surface area (Å²) in [4.78, 5) is 25.6. The lowest BCUT2D eigenvalue weighted by molar-refractivity contribution is -0.131. The lowest BCUT2D eigenvalue weighted by Gasteiger charge is -2.23. The minimum Gasteiger partial charge on any atom is -0.335 e. The van der Waals surface area contributed by atoms with Crippen LogP contribution in [0.2, 0.25) is 0 Å². The molecule has 4 nitrogen and oxygen atoms in total. The van der Waals surface area contributed by atoms with Gasteiger partial charge in [0.1, 0.15) is 5.82 Å². The zero-order valence-corrected chi connectivity index (χ0v) is 14.2. The summed E-state index contributed by atoms with van der Waals surface area (Å²) < 4.78 is 13.4. The molecule has 0 aromatic heterocycles. The van der Waals surface area contributed by atoms with Crippen LogP contribution in [0.3, 0.4) is 0 Å². The van der Waals surface area contributed by atoms with Gasteiger partial charge in [0.05, 0.1) is 6.42 Å². The first-order valence-electron chi connectivity index (χ1n) is 8.42. The summed E-state index contributed by atoms with van der Waals surface area (Å²) in [6.45, 7) is 1.89. The second-order valence-electron chi connectivity index (χ2n) is 6.44. The molecule has 0 saturated heterocycles. The summed E-state index contributed by atoms with van der Waals surface area (Å²) in [7, 11) is 0. The number of halogens is 1. The van der Waals surface area contributed by atoms with Gasteiger partial charge in [-0.15, -0.1) is 0 Å². The molecule has 0 spiro atoms. The van der Waals surface area contributed by atoms with E-state index in [1.165, 1.54) is 19.1 Å². The highest BCUT2D eigenvalue weighted by atomic mass is 19.1. The van der Waals surface area contributed by atoms with Gasteiger partial charge < -0.3 is 10.2 Å². The van der Waals surface area contributed by atoms with E-state index in [-0.39, 0.29) is 23.7 Å². The van der Waals surface area contributed by atoms with Crippen molar-refractivity contribution in [3.63, 3.8) is 0 Å². The van der Waals surface area contributed by atoms with Gasteiger partial charge in [0, 0.05) is 25.2 Å². The maximum Gasteiger partial charge on any atom is 0.227 e. The zero-order chi connectivity index (χ0) is 17.8. The van der Waals surface area contributed by atoms with Crippen molar-refractivity contribution in [2.24, 2.45) is 0 Å². The number of rotatable bonds is 6. The van der Waals surface area contributed by atoms with Gasteiger partial charge in [0.25, 0.3) is 0 Å². The first-order valence-corrected chi connectivity index (χ1v) is 8.42. The SMILES string of the molecule is CC(=O)Nc1ccc(CC(=O)N(Cc2cccc(F)c2)C2CC2)cc1. The van der Waals surface area contributed by atoms with E-state index in [1.54, 1.807) is 18.2 Å². The highest BCUT2D eigenvalue weighted by Crippen LogP contribution is 2.29. The third kappa shape index (κ3) is 4.89. The number of carbonyl (C=O) groups excluding carboxylic acids is 2. The van der Waals surface area contributed by atoms with Gasteiger partial charge in [0.15, 0.2) is 0 Å². The molecule has 0 unspecified atom stereocenters. The standard InChI is InChI=1S/C20H21FN2O2/c1-14(24)22-18-7-5-15(6-8-18)12-20(25)23(19-9-10-19)13-16-3-2-4-17(21)11-16/h2-8,11,19H,9-10,12-13H2,1H3,(H,22,24). The molecule has 0 bridgehead atoms. The zero-order valence-electron chi connectivity index (χ0n) is 14.2. The summed E-state index contributed by atoms with van der Waals surface area (Å²) in [5, 5.41) is 2.70. The van der Waals surface area contributed by atoms with E-state index in [0.717, 1.165) is 24.0 Å². The van der Waals surface area contributed by atoms with E-state index < -0.39 is 0 Å². The summed E-state index contributed by atoms with van der Waals surface area (Å²) in [6, 6.07) is 13.9. The molecule has 1 aliphatic carbocycles. The fraction of sp³-hybridized carbons (Fsp3) is 0.300. The Balaban J connectivity index is 1.66. The van der Waals surface area contributed by atoms with Crippen molar-refractivity contribution in [2.75, 3.05) is 5.32 Å². The molecular formula is C20H21FN2O2. The minimum atomic E-state index is -0.283. The van der Waals surface area contributed by atoms with Crippen LogP contribution >= 0.6 is 0 Å². The van der Waals surface area contributed by atoms with Crippen LogP contribution in [-0.4, -0.2) is 22.8 Å². The van der Waals surface area contributed by atoms with Gasteiger partial charge in [0.2, 0.25) is 11.8 Å². The van der Waals surface area contributed by atoms with Crippen LogP contribution in [0, 0.1) is 5.82 Å². The molecule has 2 amide bonds. The van der Waals surface area contributed by atoms with Crippen molar-refractivity contribution in [1.82, 2.24) is 4.90 Å². The fourth-order valence-corrected chi connectivity index (χ4v) is 2.82. The van der Waals surface area contributed by atoms with Crippen molar-refractivity contribution in [2.45, 2.75) is 38.8 Å². The molecule has 0 atom stereocenters. The molecule has 1 N–H and O–H groups in total. The third-order valence-electron chi connectivity index (χ3n) is 4.18. The summed E-state index contributed by atoms with van der Waals surface area (Å²) in [5.74, 6) is -0.368. The number of hydrogen-bond donors (Lipinski definition) is 1. The molecular weight excluding hydrogens is 319 g/mol.